The Kier molecular flexibility index (Phi) is 6.04. The Morgan fingerprint density at radius 3 is 2.56 bits per heavy atom. The van der Waals surface area contributed by atoms with Crippen molar-refractivity contribution in [1.29, 1.82) is 0 Å². The second kappa shape index (κ2) is 8.47. The number of sulfonamides is 1. The van der Waals surface area contributed by atoms with Gasteiger partial charge < -0.3 is 0 Å². The van der Waals surface area contributed by atoms with E-state index < -0.39 is 21.8 Å². The topological polar surface area (TPSA) is 95.6 Å². The molecular weight excluding hydrogens is 386 g/mol. The van der Waals surface area contributed by atoms with E-state index in [4.69, 9.17) is 0 Å². The Morgan fingerprint density at radius 1 is 1.07 bits per heavy atom. The highest BCUT2D eigenvalue weighted by molar-refractivity contribution is 7.89. The van der Waals surface area contributed by atoms with Crippen LogP contribution in [-0.2, 0) is 14.8 Å². The largest absolute Gasteiger partial charge is 0.269 e. The highest BCUT2D eigenvalue weighted by atomic mass is 32.2. The van der Waals surface area contributed by atoms with Crippen LogP contribution in [0.4, 0.5) is 0 Å². The molecule has 0 spiro atoms. The van der Waals surface area contributed by atoms with Crippen molar-refractivity contribution in [3.8, 4) is 0 Å². The zero-order valence-electron chi connectivity index (χ0n) is 14.4. The second-order valence-electron chi connectivity index (χ2n) is 5.93. The molecule has 2 heterocycles. The molecule has 0 bridgehead atoms. The summed E-state index contributed by atoms with van der Waals surface area (Å²) in [5, 5.41) is 1.89. The van der Waals surface area contributed by atoms with Crippen molar-refractivity contribution < 1.29 is 18.0 Å². The molecule has 0 aliphatic carbocycles. The van der Waals surface area contributed by atoms with E-state index in [2.05, 4.69) is 10.9 Å². The second-order valence-corrected chi connectivity index (χ2v) is 8.85. The number of hydrogen-bond acceptors (Lipinski definition) is 5. The lowest BCUT2D eigenvalue weighted by Gasteiger charge is -2.16. The first-order valence-corrected chi connectivity index (χ1v) is 10.7. The number of nitrogens with zero attached hydrogens (tertiary/aromatic N) is 1. The molecule has 0 radical (unpaired) electrons. The molecule has 7 nitrogen and oxygen atoms in total. The van der Waals surface area contributed by atoms with Crippen LogP contribution in [0.15, 0.2) is 52.7 Å². The molecule has 0 saturated carbocycles. The lowest BCUT2D eigenvalue weighted by atomic mass is 10.2. The summed E-state index contributed by atoms with van der Waals surface area (Å²) in [4.78, 5) is 25.0. The third-order valence-corrected chi connectivity index (χ3v) is 6.77. The van der Waals surface area contributed by atoms with Gasteiger partial charge in [0, 0.05) is 29.6 Å². The summed E-state index contributed by atoms with van der Waals surface area (Å²) in [6.07, 6.45) is 4.62. The highest BCUT2D eigenvalue weighted by Crippen LogP contribution is 2.21. The summed E-state index contributed by atoms with van der Waals surface area (Å²) < 4.78 is 26.6. The van der Waals surface area contributed by atoms with Crippen LogP contribution in [0.3, 0.4) is 0 Å². The highest BCUT2D eigenvalue weighted by Gasteiger charge is 2.27. The number of carbonyl (C=O) groups is 2. The Balaban J connectivity index is 1.62. The normalized spacial score (nSPS) is 15.1. The number of carbonyl (C=O) groups excluding carboxylic acids is 2. The van der Waals surface area contributed by atoms with E-state index >= 15 is 0 Å². The van der Waals surface area contributed by atoms with E-state index in [1.54, 1.807) is 6.08 Å². The van der Waals surface area contributed by atoms with Gasteiger partial charge in [-0.3, -0.25) is 20.4 Å². The van der Waals surface area contributed by atoms with E-state index in [1.807, 2.05) is 17.5 Å². The smallest absolute Gasteiger partial charge is 0.268 e. The molecule has 27 heavy (non-hydrogen) atoms. The van der Waals surface area contributed by atoms with Gasteiger partial charge in [0.1, 0.15) is 0 Å². The van der Waals surface area contributed by atoms with Gasteiger partial charge in [-0.05, 0) is 48.6 Å². The first kappa shape index (κ1) is 19.3. The number of hydrazine groups is 1. The van der Waals surface area contributed by atoms with Crippen LogP contribution in [0, 0.1) is 0 Å². The summed E-state index contributed by atoms with van der Waals surface area (Å²) in [6.45, 7) is 0.983. The summed E-state index contributed by atoms with van der Waals surface area (Å²) in [5.74, 6) is -1.08. The zero-order valence-corrected chi connectivity index (χ0v) is 16.1. The quantitative estimate of drug-likeness (QED) is 0.588. The first-order valence-electron chi connectivity index (χ1n) is 8.39. The minimum atomic E-state index is -3.60. The van der Waals surface area contributed by atoms with Gasteiger partial charge in [0.25, 0.3) is 11.8 Å². The van der Waals surface area contributed by atoms with Gasteiger partial charge in [0.2, 0.25) is 10.0 Å². The van der Waals surface area contributed by atoms with Gasteiger partial charge in [-0.25, -0.2) is 8.42 Å². The van der Waals surface area contributed by atoms with Gasteiger partial charge in [0.15, 0.2) is 0 Å². The molecule has 1 aromatic heterocycles. The number of benzene rings is 1. The van der Waals surface area contributed by atoms with Crippen molar-refractivity contribution in [2.45, 2.75) is 17.7 Å². The number of rotatable bonds is 5. The molecule has 142 valence electrons. The van der Waals surface area contributed by atoms with Gasteiger partial charge in [-0.2, -0.15) is 4.31 Å². The van der Waals surface area contributed by atoms with Crippen molar-refractivity contribution >= 4 is 39.3 Å². The molecule has 1 fully saturated rings. The molecule has 0 atom stereocenters. The van der Waals surface area contributed by atoms with Crippen molar-refractivity contribution in [3.63, 3.8) is 0 Å². The van der Waals surface area contributed by atoms with Crippen LogP contribution in [0.1, 0.15) is 28.1 Å². The SMILES string of the molecule is O=C(/C=C/c1cccs1)NNC(=O)c1cccc(S(=O)(=O)N2CCCC2)c1. The lowest BCUT2D eigenvalue weighted by Crippen LogP contribution is -2.40. The monoisotopic (exact) mass is 405 g/mol. The van der Waals surface area contributed by atoms with Gasteiger partial charge in [-0.15, -0.1) is 11.3 Å². The number of thiophene rings is 1. The number of nitrogens with one attached hydrogen (secondary N) is 2. The third-order valence-electron chi connectivity index (χ3n) is 4.04. The molecule has 3 rings (SSSR count). The molecule has 2 N–H and O–H groups in total. The Bertz CT molecular complexity index is 947. The average Bonchev–Trinajstić information content (AvgIpc) is 3.38. The first-order chi connectivity index (χ1) is 13.0. The fraction of sp³-hybridized carbons (Fsp3) is 0.222. The minimum Gasteiger partial charge on any atom is -0.268 e. The van der Waals surface area contributed by atoms with Crippen LogP contribution in [0.2, 0.25) is 0 Å². The Morgan fingerprint density at radius 2 is 1.85 bits per heavy atom. The fourth-order valence-electron chi connectivity index (χ4n) is 2.65. The summed E-state index contributed by atoms with van der Waals surface area (Å²) >= 11 is 1.49. The lowest BCUT2D eigenvalue weighted by molar-refractivity contribution is -0.117. The van der Waals surface area contributed by atoms with Crippen molar-refractivity contribution in [2.24, 2.45) is 0 Å². The standard InChI is InChI=1S/C18H19N3O4S2/c22-17(9-8-15-6-4-12-26-15)19-20-18(23)14-5-3-7-16(13-14)27(24,25)21-10-1-2-11-21/h3-9,12-13H,1-2,10-11H2,(H,19,22)(H,20,23)/b9-8+. The van der Waals surface area contributed by atoms with Crippen molar-refractivity contribution in [1.82, 2.24) is 15.2 Å². The van der Waals surface area contributed by atoms with Crippen LogP contribution in [-0.4, -0.2) is 37.6 Å². The predicted octanol–water partition coefficient (Wildman–Crippen LogP) is 2.01. The Labute approximate surface area is 161 Å². The van der Waals surface area contributed by atoms with Gasteiger partial charge in [-0.1, -0.05) is 12.1 Å². The molecule has 1 saturated heterocycles. The number of hydrogen-bond donors (Lipinski definition) is 2. The van der Waals surface area contributed by atoms with E-state index in [0.29, 0.717) is 13.1 Å². The number of amides is 2. The van der Waals surface area contributed by atoms with Crippen LogP contribution in [0.25, 0.3) is 6.08 Å². The van der Waals surface area contributed by atoms with E-state index in [9.17, 15) is 18.0 Å². The predicted molar refractivity (Wildman–Crippen MR) is 103 cm³/mol. The van der Waals surface area contributed by atoms with E-state index in [-0.39, 0.29) is 10.5 Å². The maximum Gasteiger partial charge on any atom is 0.269 e. The van der Waals surface area contributed by atoms with Crippen LogP contribution in [0.5, 0.6) is 0 Å². The van der Waals surface area contributed by atoms with Gasteiger partial charge in [0.05, 0.1) is 4.90 Å². The fourth-order valence-corrected chi connectivity index (χ4v) is 4.83. The molecule has 0 unspecified atom stereocenters. The van der Waals surface area contributed by atoms with E-state index in [1.165, 1.54) is 46.0 Å². The van der Waals surface area contributed by atoms with Gasteiger partial charge >= 0.3 is 0 Å². The summed E-state index contributed by atoms with van der Waals surface area (Å²) in [5.41, 5.74) is 4.71. The zero-order chi connectivity index (χ0) is 19.3. The van der Waals surface area contributed by atoms with E-state index in [0.717, 1.165) is 17.7 Å². The molecule has 1 aliphatic rings. The van der Waals surface area contributed by atoms with Crippen LogP contribution < -0.4 is 10.9 Å². The van der Waals surface area contributed by atoms with Crippen molar-refractivity contribution in [3.05, 3.63) is 58.3 Å². The molecule has 2 amide bonds. The van der Waals surface area contributed by atoms with Crippen molar-refractivity contribution in [2.75, 3.05) is 13.1 Å². The maximum absolute atomic E-state index is 12.6. The Hall–Kier alpha value is -2.49. The summed E-state index contributed by atoms with van der Waals surface area (Å²) in [7, 11) is -3.60. The maximum atomic E-state index is 12.6. The average molecular weight is 406 g/mol. The summed E-state index contributed by atoms with van der Waals surface area (Å²) in [6, 6.07) is 9.51. The molecule has 1 aromatic carbocycles. The molecule has 9 heteroatoms. The van der Waals surface area contributed by atoms with Crippen LogP contribution >= 0.6 is 11.3 Å². The minimum absolute atomic E-state index is 0.0703. The third kappa shape index (κ3) is 4.82. The molecule has 1 aliphatic heterocycles. The molecule has 2 aromatic rings. The molecular formula is C18H19N3O4S2.